The second kappa shape index (κ2) is 9.50. The molecule has 2 saturated heterocycles. The molecule has 0 spiro atoms. The second-order valence-corrected chi connectivity index (χ2v) is 9.17. The number of nitrogens with zero attached hydrogens (tertiary/aromatic N) is 5. The molecule has 34 heavy (non-hydrogen) atoms. The summed E-state index contributed by atoms with van der Waals surface area (Å²) < 4.78 is 12.7. The van der Waals surface area contributed by atoms with Crippen LogP contribution >= 0.6 is 0 Å². The molecular weight excluding hydrogens is 432 g/mol. The van der Waals surface area contributed by atoms with Gasteiger partial charge in [-0.1, -0.05) is 12.7 Å². The maximum absolute atomic E-state index is 13.5. The first-order chi connectivity index (χ1) is 16.5. The van der Waals surface area contributed by atoms with E-state index >= 15 is 0 Å². The van der Waals surface area contributed by atoms with Gasteiger partial charge in [-0.05, 0) is 38.7 Å². The normalized spacial score (nSPS) is 23.5. The molecule has 5 heterocycles. The number of anilines is 1. The van der Waals surface area contributed by atoms with Crippen molar-refractivity contribution in [2.24, 2.45) is 5.73 Å². The molecule has 0 unspecified atom stereocenters. The van der Waals surface area contributed by atoms with Crippen LogP contribution in [-0.2, 0) is 14.3 Å². The van der Waals surface area contributed by atoms with Crippen LogP contribution in [0.15, 0.2) is 48.6 Å². The Labute approximate surface area is 199 Å². The molecule has 9 heteroatoms. The van der Waals surface area contributed by atoms with Gasteiger partial charge in [0.25, 0.3) is 5.91 Å². The van der Waals surface area contributed by atoms with E-state index in [2.05, 4.69) is 18.4 Å². The summed E-state index contributed by atoms with van der Waals surface area (Å²) in [7, 11) is 0. The Morgan fingerprint density at radius 2 is 2.15 bits per heavy atom. The Kier molecular flexibility index (Phi) is 6.28. The highest BCUT2D eigenvalue weighted by atomic mass is 16.6. The molecule has 0 radical (unpaired) electrons. The van der Waals surface area contributed by atoms with Crippen LogP contribution in [-0.4, -0.2) is 64.3 Å². The van der Waals surface area contributed by atoms with E-state index < -0.39 is 0 Å². The van der Waals surface area contributed by atoms with Gasteiger partial charge in [0, 0.05) is 49.1 Å². The summed E-state index contributed by atoms with van der Waals surface area (Å²) >= 11 is 0. The lowest BCUT2D eigenvalue weighted by atomic mass is 9.98. The SMILES string of the molecule is C=C/C(=C\C1=COCCO1)C(=O)N1CCCC[C@H]1c1cc2nc(N3CC[C@H](N)C3)c(C)cn2n1. The number of allylic oxidation sites excluding steroid dienone is 1. The zero-order valence-corrected chi connectivity index (χ0v) is 19.7. The van der Waals surface area contributed by atoms with Crippen LogP contribution in [0.25, 0.3) is 5.65 Å². The van der Waals surface area contributed by atoms with Gasteiger partial charge in [-0.25, -0.2) is 9.50 Å². The number of amides is 1. The van der Waals surface area contributed by atoms with Crippen molar-refractivity contribution in [3.63, 3.8) is 0 Å². The van der Waals surface area contributed by atoms with Crippen molar-refractivity contribution >= 4 is 17.4 Å². The van der Waals surface area contributed by atoms with Crippen LogP contribution in [0.5, 0.6) is 0 Å². The van der Waals surface area contributed by atoms with Crippen LogP contribution in [0, 0.1) is 6.92 Å². The van der Waals surface area contributed by atoms with E-state index in [4.69, 9.17) is 25.3 Å². The van der Waals surface area contributed by atoms with E-state index in [9.17, 15) is 4.79 Å². The van der Waals surface area contributed by atoms with Crippen molar-refractivity contribution in [1.29, 1.82) is 0 Å². The molecule has 5 rings (SSSR count). The van der Waals surface area contributed by atoms with Crippen molar-refractivity contribution < 1.29 is 14.3 Å². The molecule has 180 valence electrons. The zero-order valence-electron chi connectivity index (χ0n) is 19.7. The fourth-order valence-electron chi connectivity index (χ4n) is 4.95. The number of hydrogen-bond donors (Lipinski definition) is 1. The third kappa shape index (κ3) is 4.40. The summed E-state index contributed by atoms with van der Waals surface area (Å²) in [4.78, 5) is 22.6. The van der Waals surface area contributed by atoms with Crippen LogP contribution in [0.2, 0.25) is 0 Å². The molecule has 3 aliphatic rings. The molecule has 2 aromatic rings. The summed E-state index contributed by atoms with van der Waals surface area (Å²) in [6.45, 7) is 9.28. The highest BCUT2D eigenvalue weighted by Crippen LogP contribution is 2.33. The van der Waals surface area contributed by atoms with E-state index in [0.29, 0.717) is 31.1 Å². The van der Waals surface area contributed by atoms with Gasteiger partial charge in [0.15, 0.2) is 11.4 Å². The highest BCUT2D eigenvalue weighted by molar-refractivity contribution is 5.96. The molecular formula is C25H32N6O3. The van der Waals surface area contributed by atoms with Gasteiger partial charge in [-0.2, -0.15) is 5.10 Å². The Hall–Kier alpha value is -3.33. The first kappa shape index (κ1) is 22.5. The van der Waals surface area contributed by atoms with Gasteiger partial charge in [0.05, 0.1) is 11.7 Å². The Bertz CT molecular complexity index is 1150. The largest absolute Gasteiger partial charge is 0.494 e. The van der Waals surface area contributed by atoms with E-state index in [0.717, 1.165) is 61.5 Å². The number of carbonyl (C=O) groups excluding carboxylic acids is 1. The third-order valence-corrected chi connectivity index (χ3v) is 6.69. The van der Waals surface area contributed by atoms with Crippen molar-refractivity contribution in [2.75, 3.05) is 37.7 Å². The molecule has 1 amide bonds. The smallest absolute Gasteiger partial charge is 0.254 e. The second-order valence-electron chi connectivity index (χ2n) is 9.17. The molecule has 2 N–H and O–H groups in total. The number of piperidine rings is 1. The molecule has 0 aliphatic carbocycles. The first-order valence-corrected chi connectivity index (χ1v) is 12.0. The maximum Gasteiger partial charge on any atom is 0.254 e. The predicted octanol–water partition coefficient (Wildman–Crippen LogP) is 2.63. The number of nitrogens with two attached hydrogens (primary N) is 1. The quantitative estimate of drug-likeness (QED) is 0.537. The summed E-state index contributed by atoms with van der Waals surface area (Å²) in [5.74, 6) is 1.41. The van der Waals surface area contributed by atoms with Crippen LogP contribution in [0.1, 0.15) is 43.0 Å². The van der Waals surface area contributed by atoms with Gasteiger partial charge in [-0.3, -0.25) is 4.79 Å². The summed E-state index contributed by atoms with van der Waals surface area (Å²) in [6.07, 6.45) is 10.7. The minimum Gasteiger partial charge on any atom is -0.494 e. The fraction of sp³-hybridized carbons (Fsp3) is 0.480. The van der Waals surface area contributed by atoms with Gasteiger partial charge in [0.1, 0.15) is 25.3 Å². The molecule has 9 nitrogen and oxygen atoms in total. The zero-order chi connectivity index (χ0) is 23.7. The number of aryl methyl sites for hydroxylation is 1. The Morgan fingerprint density at radius 1 is 1.26 bits per heavy atom. The highest BCUT2D eigenvalue weighted by Gasteiger charge is 2.31. The predicted molar refractivity (Wildman–Crippen MR) is 129 cm³/mol. The number of likely N-dealkylation sites (tertiary alicyclic amines) is 1. The molecule has 3 aliphatic heterocycles. The molecule has 2 fully saturated rings. The lowest BCUT2D eigenvalue weighted by Gasteiger charge is -2.35. The van der Waals surface area contributed by atoms with Gasteiger partial charge >= 0.3 is 0 Å². The minimum absolute atomic E-state index is 0.0808. The molecule has 0 saturated carbocycles. The van der Waals surface area contributed by atoms with Crippen molar-refractivity contribution in [1.82, 2.24) is 19.5 Å². The molecule has 2 atom stereocenters. The van der Waals surface area contributed by atoms with Gasteiger partial charge < -0.3 is 25.0 Å². The average molecular weight is 465 g/mol. The van der Waals surface area contributed by atoms with Crippen LogP contribution in [0.3, 0.4) is 0 Å². The number of ether oxygens (including phenoxy) is 2. The Balaban J connectivity index is 1.43. The average Bonchev–Trinajstić information content (AvgIpc) is 3.47. The van der Waals surface area contributed by atoms with Gasteiger partial charge in [0.2, 0.25) is 0 Å². The van der Waals surface area contributed by atoms with Crippen molar-refractivity contribution in [2.45, 2.75) is 44.7 Å². The fourth-order valence-corrected chi connectivity index (χ4v) is 4.95. The molecule has 0 bridgehead atoms. The number of aromatic nitrogens is 3. The topological polar surface area (TPSA) is 98.2 Å². The first-order valence-electron chi connectivity index (χ1n) is 12.0. The van der Waals surface area contributed by atoms with Crippen LogP contribution in [0.4, 0.5) is 5.82 Å². The van der Waals surface area contributed by atoms with Crippen molar-refractivity contribution in [3.05, 3.63) is 59.8 Å². The lowest BCUT2D eigenvalue weighted by molar-refractivity contribution is -0.130. The standard InChI is InChI=1S/C25H32N6O3/c1-3-18(12-20-16-33-10-11-34-20)25(32)30-8-5-4-6-22(30)21-13-23-27-24(17(2)14-31(23)28-21)29-9-7-19(26)15-29/h3,12-14,16,19,22H,1,4-11,15,26H2,2H3/b18-12+/t19-,22-/m0/s1. The third-order valence-electron chi connectivity index (χ3n) is 6.69. The lowest BCUT2D eigenvalue weighted by Crippen LogP contribution is -2.39. The summed E-state index contributed by atoms with van der Waals surface area (Å²) in [5, 5.41) is 4.83. The van der Waals surface area contributed by atoms with E-state index in [1.54, 1.807) is 12.2 Å². The van der Waals surface area contributed by atoms with E-state index in [-0.39, 0.29) is 18.0 Å². The molecule has 2 aromatic heterocycles. The van der Waals surface area contributed by atoms with E-state index in [1.165, 1.54) is 6.26 Å². The number of rotatable bonds is 5. The Morgan fingerprint density at radius 3 is 2.88 bits per heavy atom. The minimum atomic E-state index is -0.118. The van der Waals surface area contributed by atoms with Gasteiger partial charge in [-0.15, -0.1) is 0 Å². The van der Waals surface area contributed by atoms with Crippen molar-refractivity contribution in [3.8, 4) is 0 Å². The number of fused-ring (bicyclic) bond motifs is 1. The molecule has 0 aromatic carbocycles. The monoisotopic (exact) mass is 464 g/mol. The van der Waals surface area contributed by atoms with E-state index in [1.807, 2.05) is 21.7 Å². The summed E-state index contributed by atoms with van der Waals surface area (Å²) in [5.41, 5.74) is 9.29. The van der Waals surface area contributed by atoms with Crippen LogP contribution < -0.4 is 10.6 Å². The number of hydrogen-bond acceptors (Lipinski definition) is 7. The maximum atomic E-state index is 13.5. The summed E-state index contributed by atoms with van der Waals surface area (Å²) in [6, 6.07) is 2.08. The number of carbonyl (C=O) groups is 1.